The van der Waals surface area contributed by atoms with Crippen LogP contribution in [0.1, 0.15) is 6.92 Å². The fourth-order valence-electron chi connectivity index (χ4n) is 0. The second-order valence-corrected chi connectivity index (χ2v) is 1.03. The Kier molecular flexibility index (Phi) is 22.3. The maximum Gasteiger partial charge on any atom is 1.00 e. The quantitative estimate of drug-likeness (QED) is 0.345. The summed E-state index contributed by atoms with van der Waals surface area (Å²) in [5.74, 6) is 0. The van der Waals surface area contributed by atoms with E-state index in [0.717, 1.165) is 0 Å². The van der Waals surface area contributed by atoms with Crippen LogP contribution in [-0.2, 0) is 0 Å². The third-order valence-electron chi connectivity index (χ3n) is 0.264. The SMILES string of the molecule is CC(O)CO.[Na+].[OH-]. The van der Waals surface area contributed by atoms with E-state index >= 15 is 0 Å². The van der Waals surface area contributed by atoms with Crippen molar-refractivity contribution in [2.75, 3.05) is 6.61 Å². The third-order valence-corrected chi connectivity index (χ3v) is 0.264. The van der Waals surface area contributed by atoms with Gasteiger partial charge >= 0.3 is 29.6 Å². The summed E-state index contributed by atoms with van der Waals surface area (Å²) in [6.45, 7) is 1.39. The van der Waals surface area contributed by atoms with Gasteiger partial charge in [-0.3, -0.25) is 0 Å². The molecule has 7 heavy (non-hydrogen) atoms. The molecule has 3 N–H and O–H groups in total. The molecule has 0 aromatic rings. The molecule has 0 amide bonds. The summed E-state index contributed by atoms with van der Waals surface area (Å²) in [7, 11) is 0. The molecule has 0 saturated heterocycles. The van der Waals surface area contributed by atoms with Gasteiger partial charge in [0.05, 0.1) is 12.7 Å². The zero-order chi connectivity index (χ0) is 4.28. The first kappa shape index (κ1) is 15.7. The second-order valence-electron chi connectivity index (χ2n) is 1.03. The van der Waals surface area contributed by atoms with Crippen molar-refractivity contribution in [3.63, 3.8) is 0 Å². The van der Waals surface area contributed by atoms with E-state index in [-0.39, 0.29) is 41.6 Å². The van der Waals surface area contributed by atoms with Gasteiger partial charge in [0, 0.05) is 0 Å². The van der Waals surface area contributed by atoms with Crippen molar-refractivity contribution in [2.45, 2.75) is 13.0 Å². The Hall–Kier alpha value is 0.880. The smallest absolute Gasteiger partial charge is 0.870 e. The summed E-state index contributed by atoms with van der Waals surface area (Å²) < 4.78 is 0. The van der Waals surface area contributed by atoms with Gasteiger partial charge in [-0.05, 0) is 6.92 Å². The van der Waals surface area contributed by atoms with E-state index in [1.807, 2.05) is 0 Å². The molecule has 0 bridgehead atoms. The number of aliphatic hydroxyl groups excluding tert-OH is 2. The van der Waals surface area contributed by atoms with Crippen molar-refractivity contribution in [3.05, 3.63) is 0 Å². The van der Waals surface area contributed by atoms with Gasteiger partial charge in [-0.15, -0.1) is 0 Å². The van der Waals surface area contributed by atoms with E-state index < -0.39 is 6.10 Å². The zero-order valence-corrected chi connectivity index (χ0v) is 6.63. The van der Waals surface area contributed by atoms with Crippen LogP contribution in [0.4, 0.5) is 0 Å². The Balaban J connectivity index is -0.0000000800. The fourth-order valence-corrected chi connectivity index (χ4v) is 0. The van der Waals surface area contributed by atoms with Crippen molar-refractivity contribution in [1.82, 2.24) is 0 Å². The molecule has 1 atom stereocenters. The number of rotatable bonds is 1. The van der Waals surface area contributed by atoms with E-state index in [9.17, 15) is 0 Å². The maximum absolute atomic E-state index is 8.11. The molecule has 0 radical (unpaired) electrons. The van der Waals surface area contributed by atoms with Crippen LogP contribution in [0, 0.1) is 0 Å². The normalized spacial score (nSPS) is 10.7. The first-order valence-electron chi connectivity index (χ1n) is 1.56. The number of hydrogen-bond donors (Lipinski definition) is 2. The topological polar surface area (TPSA) is 70.5 Å². The summed E-state index contributed by atoms with van der Waals surface area (Å²) in [5.41, 5.74) is 0. The van der Waals surface area contributed by atoms with Gasteiger partial charge in [0.25, 0.3) is 0 Å². The van der Waals surface area contributed by atoms with E-state index in [4.69, 9.17) is 10.2 Å². The van der Waals surface area contributed by atoms with Crippen LogP contribution < -0.4 is 29.6 Å². The molecule has 4 heteroatoms. The standard InChI is InChI=1S/C3H8O2.Na.H2O/c1-3(5)2-4;;/h3-5H,2H2,1H3;;1H2/q;+1;/p-1. The van der Waals surface area contributed by atoms with Gasteiger partial charge < -0.3 is 15.7 Å². The molecule has 0 aromatic carbocycles. The van der Waals surface area contributed by atoms with E-state index in [1.54, 1.807) is 0 Å². The summed E-state index contributed by atoms with van der Waals surface area (Å²) in [4.78, 5) is 0. The molecule has 40 valence electrons. The monoisotopic (exact) mass is 116 g/mol. The van der Waals surface area contributed by atoms with E-state index in [2.05, 4.69) is 0 Å². The Morgan fingerprint density at radius 2 is 1.71 bits per heavy atom. The Bertz CT molecular complexity index is 24.1. The molecule has 0 aliphatic heterocycles. The first-order chi connectivity index (χ1) is 2.27. The predicted octanol–water partition coefficient (Wildman–Crippen LogP) is -3.81. The van der Waals surface area contributed by atoms with Gasteiger partial charge in [-0.1, -0.05) is 0 Å². The molecule has 0 saturated carbocycles. The van der Waals surface area contributed by atoms with E-state index in [0.29, 0.717) is 0 Å². The molecule has 0 aromatic heterocycles. The van der Waals surface area contributed by atoms with Crippen LogP contribution in [-0.4, -0.2) is 28.4 Å². The molecular weight excluding hydrogens is 107 g/mol. The van der Waals surface area contributed by atoms with Crippen LogP contribution >= 0.6 is 0 Å². The van der Waals surface area contributed by atoms with Gasteiger partial charge in [0.1, 0.15) is 0 Å². The Morgan fingerprint density at radius 1 is 1.57 bits per heavy atom. The minimum Gasteiger partial charge on any atom is -0.870 e. The van der Waals surface area contributed by atoms with Gasteiger partial charge in [-0.2, -0.15) is 0 Å². The first-order valence-corrected chi connectivity index (χ1v) is 1.56. The van der Waals surface area contributed by atoms with Crippen LogP contribution in [0.2, 0.25) is 0 Å². The predicted molar refractivity (Wildman–Crippen MR) is 20.7 cm³/mol. The molecule has 0 fully saturated rings. The van der Waals surface area contributed by atoms with Crippen molar-refractivity contribution >= 4 is 0 Å². The molecule has 1 unspecified atom stereocenters. The Labute approximate surface area is 65.0 Å². The van der Waals surface area contributed by atoms with Gasteiger partial charge in [-0.25, -0.2) is 0 Å². The molecular formula is C3H9NaO3. The van der Waals surface area contributed by atoms with Crippen LogP contribution in [0.25, 0.3) is 0 Å². The average molecular weight is 116 g/mol. The zero-order valence-electron chi connectivity index (χ0n) is 4.63. The molecule has 0 aliphatic carbocycles. The maximum atomic E-state index is 8.11. The van der Waals surface area contributed by atoms with Crippen molar-refractivity contribution in [3.8, 4) is 0 Å². The van der Waals surface area contributed by atoms with E-state index in [1.165, 1.54) is 6.92 Å². The summed E-state index contributed by atoms with van der Waals surface area (Å²) in [6, 6.07) is 0. The largest absolute Gasteiger partial charge is 1.00 e. The minimum atomic E-state index is -0.560. The van der Waals surface area contributed by atoms with Crippen LogP contribution in [0.3, 0.4) is 0 Å². The van der Waals surface area contributed by atoms with Crippen LogP contribution in [0.5, 0.6) is 0 Å². The number of hydrogen-bond acceptors (Lipinski definition) is 3. The average Bonchev–Trinajstić information content (AvgIpc) is 1.38. The molecule has 3 nitrogen and oxygen atoms in total. The van der Waals surface area contributed by atoms with Crippen LogP contribution in [0.15, 0.2) is 0 Å². The summed E-state index contributed by atoms with van der Waals surface area (Å²) in [6.07, 6.45) is -0.560. The van der Waals surface area contributed by atoms with Crippen molar-refractivity contribution < 1.29 is 45.2 Å². The fraction of sp³-hybridized carbons (Fsp3) is 1.00. The molecule has 0 aliphatic rings. The number of aliphatic hydroxyl groups is 2. The molecule has 0 spiro atoms. The third kappa shape index (κ3) is 19.8. The molecule has 0 rings (SSSR count). The second kappa shape index (κ2) is 9.99. The van der Waals surface area contributed by atoms with Crippen molar-refractivity contribution in [1.29, 1.82) is 0 Å². The van der Waals surface area contributed by atoms with Gasteiger partial charge in [0.15, 0.2) is 0 Å². The Morgan fingerprint density at radius 3 is 1.71 bits per heavy atom. The summed E-state index contributed by atoms with van der Waals surface area (Å²) in [5, 5.41) is 16.0. The van der Waals surface area contributed by atoms with Gasteiger partial charge in [0.2, 0.25) is 0 Å². The minimum absolute atomic E-state index is 0. The summed E-state index contributed by atoms with van der Waals surface area (Å²) >= 11 is 0. The molecule has 0 heterocycles. The van der Waals surface area contributed by atoms with Crippen molar-refractivity contribution in [2.24, 2.45) is 0 Å².